The third-order valence-electron chi connectivity index (χ3n) is 6.12. The molecule has 0 saturated heterocycles. The number of furan rings is 1. The number of esters is 1. The molecule has 7 heteroatoms. The number of aryl methyl sites for hydroxylation is 1. The fraction of sp³-hybridized carbons (Fsp3) is 0.300. The van der Waals surface area contributed by atoms with Crippen LogP contribution < -0.4 is 10.5 Å². The Balaban J connectivity index is 1.61. The standard InChI is InChI=1S/C30H32FNO5/c1-4-20-8-9-24(15-29(33)36-19(2)17-34-3)27(13-20)35-18-22-11-25-14-28(31)37-30(25)26(12-22)23-7-5-6-21(10-23)16-32/h5-14,19H,4,15-18,32H2,1-3H3. The van der Waals surface area contributed by atoms with Gasteiger partial charge in [0.2, 0.25) is 0 Å². The Morgan fingerprint density at radius 3 is 2.65 bits per heavy atom. The fourth-order valence-corrected chi connectivity index (χ4v) is 4.30. The number of ether oxygens (including phenoxy) is 3. The summed E-state index contributed by atoms with van der Waals surface area (Å²) in [6.07, 6.45) is 0.569. The summed E-state index contributed by atoms with van der Waals surface area (Å²) in [6, 6.07) is 18.1. The molecule has 0 saturated carbocycles. The van der Waals surface area contributed by atoms with Crippen LogP contribution in [-0.4, -0.2) is 25.8 Å². The predicted octanol–water partition coefficient (Wildman–Crippen LogP) is 5.96. The molecule has 3 aromatic carbocycles. The van der Waals surface area contributed by atoms with Crippen molar-refractivity contribution < 1.29 is 27.8 Å². The molecule has 1 heterocycles. The summed E-state index contributed by atoms with van der Waals surface area (Å²) < 4.78 is 36.2. The van der Waals surface area contributed by atoms with Crippen molar-refractivity contribution in [3.8, 4) is 16.9 Å². The summed E-state index contributed by atoms with van der Waals surface area (Å²) in [4.78, 5) is 12.5. The lowest BCUT2D eigenvalue weighted by atomic mass is 9.99. The molecule has 0 aliphatic rings. The van der Waals surface area contributed by atoms with Crippen LogP contribution in [-0.2, 0) is 40.3 Å². The van der Waals surface area contributed by atoms with E-state index >= 15 is 0 Å². The van der Waals surface area contributed by atoms with E-state index in [1.165, 1.54) is 6.07 Å². The van der Waals surface area contributed by atoms with Crippen molar-refractivity contribution in [1.82, 2.24) is 0 Å². The van der Waals surface area contributed by atoms with E-state index in [0.29, 0.717) is 29.9 Å². The molecule has 0 radical (unpaired) electrons. The number of hydrogen-bond acceptors (Lipinski definition) is 6. The van der Waals surface area contributed by atoms with E-state index in [9.17, 15) is 9.18 Å². The minimum atomic E-state index is -0.650. The first-order chi connectivity index (χ1) is 17.9. The number of fused-ring (bicyclic) bond motifs is 1. The van der Waals surface area contributed by atoms with Gasteiger partial charge in [-0.3, -0.25) is 4.79 Å². The van der Waals surface area contributed by atoms with Crippen LogP contribution in [0.1, 0.15) is 36.1 Å². The van der Waals surface area contributed by atoms with Gasteiger partial charge in [0.15, 0.2) is 0 Å². The Morgan fingerprint density at radius 2 is 1.89 bits per heavy atom. The quantitative estimate of drug-likeness (QED) is 0.253. The summed E-state index contributed by atoms with van der Waals surface area (Å²) in [6.45, 7) is 4.80. The molecule has 1 unspecified atom stereocenters. The molecule has 1 atom stereocenters. The van der Waals surface area contributed by atoms with Gasteiger partial charge in [-0.05, 0) is 59.9 Å². The van der Waals surface area contributed by atoms with Crippen LogP contribution in [0.25, 0.3) is 22.1 Å². The highest BCUT2D eigenvalue weighted by Gasteiger charge is 2.16. The molecule has 0 amide bonds. The van der Waals surface area contributed by atoms with Crippen LogP contribution in [0.15, 0.2) is 65.1 Å². The van der Waals surface area contributed by atoms with Crippen molar-refractivity contribution >= 4 is 16.9 Å². The van der Waals surface area contributed by atoms with Crippen molar-refractivity contribution in [2.75, 3.05) is 13.7 Å². The topological polar surface area (TPSA) is 83.9 Å². The molecule has 0 aliphatic heterocycles. The van der Waals surface area contributed by atoms with Gasteiger partial charge < -0.3 is 24.4 Å². The maximum Gasteiger partial charge on any atom is 0.310 e. The van der Waals surface area contributed by atoms with E-state index in [0.717, 1.165) is 39.8 Å². The lowest BCUT2D eigenvalue weighted by Crippen LogP contribution is -2.21. The molecule has 0 spiro atoms. The summed E-state index contributed by atoms with van der Waals surface area (Å²) in [5.41, 5.74) is 11.6. The Kier molecular flexibility index (Phi) is 8.58. The maximum absolute atomic E-state index is 14.1. The second-order valence-corrected chi connectivity index (χ2v) is 9.03. The van der Waals surface area contributed by atoms with Gasteiger partial charge in [-0.2, -0.15) is 4.39 Å². The number of methoxy groups -OCH3 is 1. The first kappa shape index (κ1) is 26.4. The summed E-state index contributed by atoms with van der Waals surface area (Å²) in [7, 11) is 1.56. The van der Waals surface area contributed by atoms with Crippen molar-refractivity contribution in [1.29, 1.82) is 0 Å². The number of carbonyl (C=O) groups is 1. The molecule has 37 heavy (non-hydrogen) atoms. The van der Waals surface area contributed by atoms with Gasteiger partial charge in [-0.25, -0.2) is 0 Å². The second-order valence-electron chi connectivity index (χ2n) is 9.03. The highest BCUT2D eigenvalue weighted by molar-refractivity contribution is 5.93. The van der Waals surface area contributed by atoms with Gasteiger partial charge in [-0.15, -0.1) is 0 Å². The van der Waals surface area contributed by atoms with Gasteiger partial charge in [-0.1, -0.05) is 37.3 Å². The van der Waals surface area contributed by atoms with E-state index in [1.807, 2.05) is 54.6 Å². The average Bonchev–Trinajstić information content (AvgIpc) is 3.27. The minimum Gasteiger partial charge on any atom is -0.489 e. The monoisotopic (exact) mass is 505 g/mol. The number of nitrogens with two attached hydrogens (primary N) is 1. The molecule has 0 bridgehead atoms. The Labute approximate surface area is 216 Å². The van der Waals surface area contributed by atoms with Crippen LogP contribution in [0.4, 0.5) is 4.39 Å². The van der Waals surface area contributed by atoms with E-state index in [2.05, 4.69) is 6.92 Å². The average molecular weight is 506 g/mol. The molecule has 0 aliphatic carbocycles. The van der Waals surface area contributed by atoms with Crippen molar-refractivity contribution in [2.24, 2.45) is 5.73 Å². The van der Waals surface area contributed by atoms with E-state index in [-0.39, 0.29) is 25.1 Å². The molecule has 2 N–H and O–H groups in total. The number of carbonyl (C=O) groups excluding carboxylic acids is 1. The molecule has 4 rings (SSSR count). The molecule has 194 valence electrons. The molecular formula is C30H32FNO5. The lowest BCUT2D eigenvalue weighted by Gasteiger charge is -2.16. The van der Waals surface area contributed by atoms with Gasteiger partial charge >= 0.3 is 5.97 Å². The van der Waals surface area contributed by atoms with Gasteiger partial charge in [0, 0.05) is 36.2 Å². The van der Waals surface area contributed by atoms with Crippen LogP contribution in [0.5, 0.6) is 5.75 Å². The zero-order valence-corrected chi connectivity index (χ0v) is 21.4. The van der Waals surface area contributed by atoms with E-state index < -0.39 is 6.01 Å². The van der Waals surface area contributed by atoms with Crippen molar-refractivity contribution in [3.63, 3.8) is 0 Å². The Bertz CT molecular complexity index is 1380. The molecule has 4 aromatic rings. The highest BCUT2D eigenvalue weighted by atomic mass is 19.1. The lowest BCUT2D eigenvalue weighted by molar-refractivity contribution is -0.149. The fourth-order valence-electron chi connectivity index (χ4n) is 4.30. The predicted molar refractivity (Wildman–Crippen MR) is 141 cm³/mol. The summed E-state index contributed by atoms with van der Waals surface area (Å²) in [5, 5.41) is 0.644. The number of halogens is 1. The summed E-state index contributed by atoms with van der Waals surface area (Å²) >= 11 is 0. The Morgan fingerprint density at radius 1 is 1.05 bits per heavy atom. The molecule has 0 fully saturated rings. The number of benzene rings is 3. The van der Waals surface area contributed by atoms with E-state index in [1.54, 1.807) is 14.0 Å². The summed E-state index contributed by atoms with van der Waals surface area (Å²) in [5.74, 6) is 0.261. The Hall–Kier alpha value is -3.68. The second kappa shape index (κ2) is 12.0. The zero-order chi connectivity index (χ0) is 26.4. The van der Waals surface area contributed by atoms with Crippen molar-refractivity contribution in [3.05, 3.63) is 88.9 Å². The maximum atomic E-state index is 14.1. The third kappa shape index (κ3) is 6.56. The first-order valence-electron chi connectivity index (χ1n) is 12.3. The normalized spacial score (nSPS) is 12.0. The smallest absolute Gasteiger partial charge is 0.310 e. The SMILES string of the molecule is CCc1ccc(CC(=O)OC(C)COC)c(OCc2cc(-c3cccc(CN)c3)c3oc(F)cc3c2)c1. The van der Waals surface area contributed by atoms with Gasteiger partial charge in [0.05, 0.1) is 13.0 Å². The molecule has 6 nitrogen and oxygen atoms in total. The minimum absolute atomic E-state index is 0.0799. The largest absolute Gasteiger partial charge is 0.489 e. The third-order valence-corrected chi connectivity index (χ3v) is 6.12. The molecule has 1 aromatic heterocycles. The number of hydrogen-bond donors (Lipinski definition) is 1. The van der Waals surface area contributed by atoms with E-state index in [4.69, 9.17) is 24.4 Å². The van der Waals surface area contributed by atoms with Crippen molar-refractivity contribution in [2.45, 2.75) is 45.9 Å². The van der Waals surface area contributed by atoms with Gasteiger partial charge in [0.25, 0.3) is 6.01 Å². The van der Waals surface area contributed by atoms with Gasteiger partial charge in [0.1, 0.15) is 24.0 Å². The van der Waals surface area contributed by atoms with Crippen LogP contribution in [0, 0.1) is 6.01 Å². The first-order valence-corrected chi connectivity index (χ1v) is 12.3. The van der Waals surface area contributed by atoms with Crippen LogP contribution in [0.3, 0.4) is 0 Å². The number of rotatable bonds is 11. The van der Waals surface area contributed by atoms with Crippen LogP contribution >= 0.6 is 0 Å². The van der Waals surface area contributed by atoms with Crippen LogP contribution in [0.2, 0.25) is 0 Å². The zero-order valence-electron chi connectivity index (χ0n) is 21.4. The highest BCUT2D eigenvalue weighted by Crippen LogP contribution is 2.33. The molecular weight excluding hydrogens is 473 g/mol.